The van der Waals surface area contributed by atoms with E-state index in [9.17, 15) is 9.18 Å². The molecule has 0 aliphatic heterocycles. The lowest BCUT2D eigenvalue weighted by atomic mass is 10.0. The first-order valence-corrected chi connectivity index (χ1v) is 6.50. The maximum absolute atomic E-state index is 13.7. The Balaban J connectivity index is 2.29. The molecule has 2 aromatic rings. The van der Waals surface area contributed by atoms with Gasteiger partial charge in [0.1, 0.15) is 11.9 Å². The van der Waals surface area contributed by atoms with Gasteiger partial charge in [-0.05, 0) is 23.3 Å². The van der Waals surface area contributed by atoms with Crippen LogP contribution >= 0.6 is 0 Å². The second-order valence-electron chi connectivity index (χ2n) is 4.64. The van der Waals surface area contributed by atoms with Gasteiger partial charge in [-0.3, -0.25) is 4.79 Å². The third-order valence-electron chi connectivity index (χ3n) is 3.05. The number of benzene rings is 2. The lowest BCUT2D eigenvalue weighted by molar-refractivity contribution is -0.118. The first-order chi connectivity index (χ1) is 10.1. The molecule has 0 aromatic heterocycles. The number of halogens is 1. The van der Waals surface area contributed by atoms with Crippen LogP contribution in [0, 0.1) is 5.82 Å². The Kier molecular flexibility index (Phi) is 4.90. The highest BCUT2D eigenvalue weighted by Crippen LogP contribution is 2.22. The average Bonchev–Trinajstić information content (AvgIpc) is 2.46. The van der Waals surface area contributed by atoms with Crippen molar-refractivity contribution in [2.75, 3.05) is 12.4 Å². The molecule has 0 heterocycles. The molecule has 21 heavy (non-hydrogen) atoms. The minimum absolute atomic E-state index is 0.235. The number of para-hydroxylation sites is 1. The fraction of sp³-hybridized carbons (Fsp3) is 0.188. The van der Waals surface area contributed by atoms with Crippen molar-refractivity contribution in [1.82, 2.24) is 0 Å². The number of anilines is 1. The summed E-state index contributed by atoms with van der Waals surface area (Å²) in [5, 5.41) is 2.84. The molecule has 0 aliphatic carbocycles. The van der Waals surface area contributed by atoms with Gasteiger partial charge < -0.3 is 15.8 Å². The molecule has 1 unspecified atom stereocenters. The molecule has 0 saturated heterocycles. The van der Waals surface area contributed by atoms with Crippen molar-refractivity contribution >= 4 is 11.6 Å². The molecular weight excluding hydrogens is 271 g/mol. The molecule has 2 aromatic carbocycles. The van der Waals surface area contributed by atoms with Gasteiger partial charge in [-0.1, -0.05) is 36.4 Å². The Labute approximate surface area is 122 Å². The molecule has 0 spiro atoms. The highest BCUT2D eigenvalue weighted by Gasteiger charge is 2.19. The van der Waals surface area contributed by atoms with Crippen molar-refractivity contribution in [3.8, 4) is 0 Å². The summed E-state index contributed by atoms with van der Waals surface area (Å²) in [7, 11) is 1.59. The van der Waals surface area contributed by atoms with Crippen LogP contribution in [-0.2, 0) is 16.1 Å². The summed E-state index contributed by atoms with van der Waals surface area (Å²) in [4.78, 5) is 11.7. The third-order valence-corrected chi connectivity index (χ3v) is 3.05. The molecule has 2 rings (SSSR count). The Bertz CT molecular complexity index is 631. The second kappa shape index (κ2) is 6.85. The smallest absolute Gasteiger partial charge is 0.244 e. The normalized spacial score (nSPS) is 11.9. The Hall–Kier alpha value is -2.40. The number of carbonyl (C=O) groups is 1. The van der Waals surface area contributed by atoms with Crippen LogP contribution in [0.15, 0.2) is 48.5 Å². The van der Waals surface area contributed by atoms with Crippen molar-refractivity contribution in [2.45, 2.75) is 12.6 Å². The zero-order chi connectivity index (χ0) is 15.2. The number of nitrogens with one attached hydrogen (secondary N) is 1. The predicted molar refractivity (Wildman–Crippen MR) is 79.1 cm³/mol. The van der Waals surface area contributed by atoms with Crippen LogP contribution in [0.1, 0.15) is 17.2 Å². The maximum Gasteiger partial charge on any atom is 0.244 e. The van der Waals surface area contributed by atoms with E-state index in [-0.39, 0.29) is 5.69 Å². The van der Waals surface area contributed by atoms with Crippen molar-refractivity contribution in [3.63, 3.8) is 0 Å². The van der Waals surface area contributed by atoms with E-state index < -0.39 is 17.8 Å². The van der Waals surface area contributed by atoms with E-state index in [1.54, 1.807) is 31.4 Å². The number of primary amides is 1. The lowest BCUT2D eigenvalue weighted by Gasteiger charge is -2.18. The van der Waals surface area contributed by atoms with Crippen molar-refractivity contribution in [3.05, 3.63) is 65.5 Å². The molecule has 4 nitrogen and oxygen atoms in total. The van der Waals surface area contributed by atoms with Crippen molar-refractivity contribution in [2.24, 2.45) is 5.73 Å². The highest BCUT2D eigenvalue weighted by atomic mass is 19.1. The van der Waals surface area contributed by atoms with E-state index in [4.69, 9.17) is 10.5 Å². The van der Waals surface area contributed by atoms with Gasteiger partial charge in [0.2, 0.25) is 5.91 Å². The summed E-state index contributed by atoms with van der Waals surface area (Å²) < 4.78 is 18.8. The van der Waals surface area contributed by atoms with Gasteiger partial charge >= 0.3 is 0 Å². The summed E-state index contributed by atoms with van der Waals surface area (Å²) in [5.74, 6) is -1.01. The largest absolute Gasteiger partial charge is 0.380 e. The molecule has 1 amide bonds. The fourth-order valence-corrected chi connectivity index (χ4v) is 2.08. The number of carbonyl (C=O) groups excluding carboxylic acids is 1. The van der Waals surface area contributed by atoms with Gasteiger partial charge in [0, 0.05) is 7.11 Å². The Morgan fingerprint density at radius 1 is 1.29 bits per heavy atom. The minimum Gasteiger partial charge on any atom is -0.380 e. The number of nitrogens with two attached hydrogens (primary N) is 1. The third kappa shape index (κ3) is 3.79. The van der Waals surface area contributed by atoms with Crippen molar-refractivity contribution in [1.29, 1.82) is 0 Å². The zero-order valence-electron chi connectivity index (χ0n) is 11.7. The van der Waals surface area contributed by atoms with Gasteiger partial charge in [-0.2, -0.15) is 0 Å². The summed E-state index contributed by atoms with van der Waals surface area (Å²) >= 11 is 0. The molecular formula is C16H17FN2O2. The number of methoxy groups -OCH3 is 1. The average molecular weight is 288 g/mol. The molecule has 3 N–H and O–H groups in total. The molecule has 0 saturated carbocycles. The topological polar surface area (TPSA) is 64.3 Å². The molecule has 1 atom stereocenters. The summed E-state index contributed by atoms with van der Waals surface area (Å²) in [5.41, 5.74) is 7.25. The SMILES string of the molecule is COCc1cccc(C(Nc2ccccc2F)C(N)=O)c1. The van der Waals surface area contributed by atoms with Gasteiger partial charge in [-0.25, -0.2) is 4.39 Å². The first-order valence-electron chi connectivity index (χ1n) is 6.50. The van der Waals surface area contributed by atoms with Crippen molar-refractivity contribution < 1.29 is 13.9 Å². The molecule has 5 heteroatoms. The Morgan fingerprint density at radius 2 is 2.05 bits per heavy atom. The van der Waals surface area contributed by atoms with Crippen LogP contribution in [0.25, 0.3) is 0 Å². The van der Waals surface area contributed by atoms with Crippen LogP contribution in [0.2, 0.25) is 0 Å². The summed E-state index contributed by atoms with van der Waals surface area (Å²) in [6.45, 7) is 0.430. The fourth-order valence-electron chi connectivity index (χ4n) is 2.08. The minimum atomic E-state index is -0.807. The van der Waals surface area contributed by atoms with E-state index in [1.165, 1.54) is 6.07 Å². The molecule has 0 bridgehead atoms. The zero-order valence-corrected chi connectivity index (χ0v) is 11.7. The van der Waals surface area contributed by atoms with E-state index >= 15 is 0 Å². The van der Waals surface area contributed by atoms with E-state index in [2.05, 4.69) is 5.32 Å². The van der Waals surface area contributed by atoms with E-state index in [1.807, 2.05) is 18.2 Å². The number of ether oxygens (including phenoxy) is 1. The lowest BCUT2D eigenvalue weighted by Crippen LogP contribution is -2.28. The van der Waals surface area contributed by atoms with E-state index in [0.717, 1.165) is 5.56 Å². The standard InChI is InChI=1S/C16H17FN2O2/c1-21-10-11-5-4-6-12(9-11)15(16(18)20)19-14-8-3-2-7-13(14)17/h2-9,15,19H,10H2,1H3,(H2,18,20). The highest BCUT2D eigenvalue weighted by molar-refractivity contribution is 5.84. The van der Waals surface area contributed by atoms with Gasteiger partial charge in [-0.15, -0.1) is 0 Å². The van der Waals surface area contributed by atoms with Gasteiger partial charge in [0.25, 0.3) is 0 Å². The van der Waals surface area contributed by atoms with Crippen LogP contribution in [-0.4, -0.2) is 13.0 Å². The predicted octanol–water partition coefficient (Wildman–Crippen LogP) is 2.61. The summed E-state index contributed by atoms with van der Waals surface area (Å²) in [6.07, 6.45) is 0. The van der Waals surface area contributed by atoms with E-state index in [0.29, 0.717) is 12.2 Å². The first kappa shape index (κ1) is 15.0. The number of amides is 1. The Morgan fingerprint density at radius 3 is 2.71 bits per heavy atom. The van der Waals surface area contributed by atoms with Crippen LogP contribution < -0.4 is 11.1 Å². The monoisotopic (exact) mass is 288 g/mol. The van der Waals surface area contributed by atoms with Gasteiger partial charge in [0.05, 0.1) is 12.3 Å². The molecule has 0 aliphatic rings. The summed E-state index contributed by atoms with van der Waals surface area (Å²) in [6, 6.07) is 12.6. The number of rotatable bonds is 6. The number of hydrogen-bond acceptors (Lipinski definition) is 3. The molecule has 0 fully saturated rings. The van der Waals surface area contributed by atoms with Crippen LogP contribution in [0.5, 0.6) is 0 Å². The van der Waals surface area contributed by atoms with Gasteiger partial charge in [0.15, 0.2) is 0 Å². The maximum atomic E-state index is 13.7. The molecule has 0 radical (unpaired) electrons. The number of hydrogen-bond donors (Lipinski definition) is 2. The quantitative estimate of drug-likeness (QED) is 0.858. The van der Waals surface area contributed by atoms with Crippen LogP contribution in [0.3, 0.4) is 0 Å². The van der Waals surface area contributed by atoms with Crippen LogP contribution in [0.4, 0.5) is 10.1 Å². The molecule has 110 valence electrons. The second-order valence-corrected chi connectivity index (χ2v) is 4.64.